The summed E-state index contributed by atoms with van der Waals surface area (Å²) in [7, 11) is 0. The van der Waals surface area contributed by atoms with E-state index < -0.39 is 0 Å². The first kappa shape index (κ1) is 19.4. The molecule has 2 amide bonds. The number of anilines is 2. The molecule has 0 saturated carbocycles. The Bertz CT molecular complexity index is 548. The van der Waals surface area contributed by atoms with Gasteiger partial charge in [0.15, 0.2) is 0 Å². The Labute approximate surface area is 141 Å². The second-order valence-electron chi connectivity index (χ2n) is 5.15. The van der Waals surface area contributed by atoms with Crippen LogP contribution < -0.4 is 10.6 Å². The Morgan fingerprint density at radius 3 is 2.57 bits per heavy atom. The maximum Gasteiger partial charge on any atom is 0.238 e. The van der Waals surface area contributed by atoms with E-state index in [1.165, 1.54) is 0 Å². The zero-order valence-corrected chi connectivity index (χ0v) is 13.6. The minimum atomic E-state index is -0.216. The molecular weight excluding hydrogens is 322 g/mol. The standard InChI is InChI=1S/C15H21N3O4.ClH/c19-8-6-18(7-9-20)10-15(22)17-13-3-1-2-12-11(13)4-5-14(21)16-12;/h1-3,19-20H,4-10H2,(H,16,21)(H,17,22);1H. The Hall–Kier alpha value is -1.67. The van der Waals surface area contributed by atoms with Crippen LogP contribution in [0.15, 0.2) is 18.2 Å². The summed E-state index contributed by atoms with van der Waals surface area (Å²) < 4.78 is 0. The normalized spacial score (nSPS) is 13.1. The fraction of sp³-hybridized carbons (Fsp3) is 0.467. The van der Waals surface area contributed by atoms with E-state index in [0.29, 0.717) is 31.6 Å². The zero-order chi connectivity index (χ0) is 15.9. The minimum Gasteiger partial charge on any atom is -0.395 e. The Morgan fingerprint density at radius 1 is 1.22 bits per heavy atom. The fourth-order valence-corrected chi connectivity index (χ4v) is 2.49. The van der Waals surface area contributed by atoms with Gasteiger partial charge in [-0.15, -0.1) is 12.4 Å². The topological polar surface area (TPSA) is 102 Å². The van der Waals surface area contributed by atoms with Crippen LogP contribution in [0, 0.1) is 0 Å². The number of rotatable bonds is 7. The average Bonchev–Trinajstić information content (AvgIpc) is 2.47. The Kier molecular flexibility index (Phi) is 7.97. The lowest BCUT2D eigenvalue weighted by atomic mass is 10.0. The number of aliphatic hydroxyl groups excluding tert-OH is 2. The van der Waals surface area contributed by atoms with Crippen molar-refractivity contribution in [1.82, 2.24) is 4.90 Å². The van der Waals surface area contributed by atoms with Gasteiger partial charge in [-0.05, 0) is 24.1 Å². The smallest absolute Gasteiger partial charge is 0.238 e. The Morgan fingerprint density at radius 2 is 1.91 bits per heavy atom. The molecule has 0 bridgehead atoms. The van der Waals surface area contributed by atoms with E-state index in [1.54, 1.807) is 17.0 Å². The van der Waals surface area contributed by atoms with Crippen LogP contribution in [0.1, 0.15) is 12.0 Å². The minimum absolute atomic E-state index is 0. The average molecular weight is 344 g/mol. The summed E-state index contributed by atoms with van der Waals surface area (Å²) in [6, 6.07) is 5.39. The lowest BCUT2D eigenvalue weighted by Gasteiger charge is -2.22. The molecule has 7 nitrogen and oxygen atoms in total. The van der Waals surface area contributed by atoms with Crippen LogP contribution >= 0.6 is 12.4 Å². The SMILES string of the molecule is Cl.O=C1CCc2c(cccc2NC(=O)CN(CCO)CCO)N1. The van der Waals surface area contributed by atoms with Crippen molar-refractivity contribution in [2.75, 3.05) is 43.5 Å². The van der Waals surface area contributed by atoms with Crippen molar-refractivity contribution in [2.45, 2.75) is 12.8 Å². The molecule has 8 heteroatoms. The number of aliphatic hydroxyl groups is 2. The molecular formula is C15H22ClN3O4. The van der Waals surface area contributed by atoms with Crippen molar-refractivity contribution in [3.05, 3.63) is 23.8 Å². The second-order valence-corrected chi connectivity index (χ2v) is 5.15. The van der Waals surface area contributed by atoms with Crippen molar-refractivity contribution in [3.8, 4) is 0 Å². The second kappa shape index (κ2) is 9.46. The monoisotopic (exact) mass is 343 g/mol. The van der Waals surface area contributed by atoms with Crippen LogP contribution in [0.25, 0.3) is 0 Å². The molecule has 0 radical (unpaired) electrons. The molecule has 23 heavy (non-hydrogen) atoms. The predicted molar refractivity (Wildman–Crippen MR) is 89.9 cm³/mol. The number of amides is 2. The maximum atomic E-state index is 12.1. The van der Waals surface area contributed by atoms with Gasteiger partial charge < -0.3 is 20.8 Å². The molecule has 1 aromatic carbocycles. The van der Waals surface area contributed by atoms with Crippen LogP contribution in [-0.4, -0.2) is 59.8 Å². The van der Waals surface area contributed by atoms with Gasteiger partial charge in [-0.3, -0.25) is 14.5 Å². The van der Waals surface area contributed by atoms with Crippen LogP contribution in [0.5, 0.6) is 0 Å². The van der Waals surface area contributed by atoms with E-state index in [1.807, 2.05) is 6.07 Å². The van der Waals surface area contributed by atoms with Gasteiger partial charge in [0, 0.05) is 30.9 Å². The molecule has 0 aromatic heterocycles. The molecule has 4 N–H and O–H groups in total. The van der Waals surface area contributed by atoms with Crippen molar-refractivity contribution in [2.24, 2.45) is 0 Å². The summed E-state index contributed by atoms with van der Waals surface area (Å²) in [6.07, 6.45) is 0.996. The number of benzene rings is 1. The van der Waals surface area contributed by atoms with E-state index in [9.17, 15) is 9.59 Å². The van der Waals surface area contributed by atoms with E-state index in [4.69, 9.17) is 10.2 Å². The molecule has 0 fully saturated rings. The Balaban J connectivity index is 0.00000264. The molecule has 0 aliphatic carbocycles. The number of carbonyl (C=O) groups excluding carboxylic acids is 2. The van der Waals surface area contributed by atoms with Crippen molar-refractivity contribution in [3.63, 3.8) is 0 Å². The highest BCUT2D eigenvalue weighted by Crippen LogP contribution is 2.29. The molecule has 0 spiro atoms. The highest BCUT2D eigenvalue weighted by Gasteiger charge is 2.19. The third-order valence-corrected chi connectivity index (χ3v) is 3.53. The highest BCUT2D eigenvalue weighted by molar-refractivity contribution is 5.98. The quantitative estimate of drug-likeness (QED) is 0.567. The van der Waals surface area contributed by atoms with E-state index in [2.05, 4.69) is 10.6 Å². The highest BCUT2D eigenvalue weighted by atomic mass is 35.5. The van der Waals surface area contributed by atoms with Gasteiger partial charge in [0.05, 0.1) is 19.8 Å². The lowest BCUT2D eigenvalue weighted by molar-refractivity contribution is -0.117. The molecule has 128 valence electrons. The third-order valence-electron chi connectivity index (χ3n) is 3.53. The van der Waals surface area contributed by atoms with Gasteiger partial charge in [0.1, 0.15) is 0 Å². The molecule has 1 heterocycles. The first-order valence-corrected chi connectivity index (χ1v) is 7.29. The maximum absolute atomic E-state index is 12.1. The van der Waals surface area contributed by atoms with E-state index in [-0.39, 0.29) is 44.0 Å². The third kappa shape index (κ3) is 5.47. The van der Waals surface area contributed by atoms with Gasteiger partial charge in [0.2, 0.25) is 11.8 Å². The molecule has 0 saturated heterocycles. The number of nitrogens with zero attached hydrogens (tertiary/aromatic N) is 1. The van der Waals surface area contributed by atoms with Crippen LogP contribution in [-0.2, 0) is 16.0 Å². The number of nitrogens with one attached hydrogen (secondary N) is 2. The first-order chi connectivity index (χ1) is 10.6. The summed E-state index contributed by atoms with van der Waals surface area (Å²) in [5.74, 6) is -0.236. The first-order valence-electron chi connectivity index (χ1n) is 7.29. The lowest BCUT2D eigenvalue weighted by Crippen LogP contribution is -2.37. The van der Waals surface area contributed by atoms with Crippen LogP contribution in [0.4, 0.5) is 11.4 Å². The predicted octanol–water partition coefficient (Wildman–Crippen LogP) is 0.218. The van der Waals surface area contributed by atoms with Crippen molar-refractivity contribution in [1.29, 1.82) is 0 Å². The molecule has 1 aliphatic heterocycles. The van der Waals surface area contributed by atoms with Crippen molar-refractivity contribution < 1.29 is 19.8 Å². The molecule has 1 aliphatic rings. The number of halogens is 1. The van der Waals surface area contributed by atoms with Gasteiger partial charge >= 0.3 is 0 Å². The van der Waals surface area contributed by atoms with Gasteiger partial charge in [0.25, 0.3) is 0 Å². The van der Waals surface area contributed by atoms with E-state index in [0.717, 1.165) is 11.3 Å². The molecule has 0 atom stereocenters. The molecule has 2 rings (SSSR count). The number of hydrogen-bond donors (Lipinski definition) is 4. The van der Waals surface area contributed by atoms with Crippen LogP contribution in [0.2, 0.25) is 0 Å². The van der Waals surface area contributed by atoms with E-state index >= 15 is 0 Å². The van der Waals surface area contributed by atoms with Gasteiger partial charge in [-0.25, -0.2) is 0 Å². The fourth-order valence-electron chi connectivity index (χ4n) is 2.49. The summed E-state index contributed by atoms with van der Waals surface area (Å²) in [5, 5.41) is 23.5. The summed E-state index contributed by atoms with van der Waals surface area (Å²) in [6.45, 7) is 0.616. The number of fused-ring (bicyclic) bond motifs is 1. The zero-order valence-electron chi connectivity index (χ0n) is 12.7. The number of hydrogen-bond acceptors (Lipinski definition) is 5. The summed E-state index contributed by atoms with van der Waals surface area (Å²) >= 11 is 0. The molecule has 1 aromatic rings. The van der Waals surface area contributed by atoms with Gasteiger partial charge in [-0.2, -0.15) is 0 Å². The largest absolute Gasteiger partial charge is 0.395 e. The number of carbonyl (C=O) groups is 2. The summed E-state index contributed by atoms with van der Waals surface area (Å²) in [4.78, 5) is 25.2. The van der Waals surface area contributed by atoms with Gasteiger partial charge in [-0.1, -0.05) is 6.07 Å². The summed E-state index contributed by atoms with van der Waals surface area (Å²) in [5.41, 5.74) is 2.35. The van der Waals surface area contributed by atoms with Crippen LogP contribution in [0.3, 0.4) is 0 Å². The van der Waals surface area contributed by atoms with Crippen molar-refractivity contribution >= 4 is 35.6 Å². The molecule has 0 unspecified atom stereocenters.